The monoisotopic (exact) mass is 734 g/mol. The number of aliphatic hydroxyl groups is 2. The average Bonchev–Trinajstić information content (AvgIpc) is 3.39. The molecule has 1 aromatic carbocycles. The number of rotatable bonds is 27. The molecule has 0 unspecified atom stereocenters. The number of carbonyl (C=O) groups is 4. The molecular formula is C38H58N2O12. The van der Waals surface area contributed by atoms with Gasteiger partial charge in [0.25, 0.3) is 0 Å². The summed E-state index contributed by atoms with van der Waals surface area (Å²) in [4.78, 5) is 53.4. The molecule has 1 amide bonds. The first kappa shape index (κ1) is 44.5. The van der Waals surface area contributed by atoms with Crippen LogP contribution in [0.2, 0.25) is 0 Å². The number of aliphatic hydroxyl groups excluding tert-OH is 2. The number of esters is 2. The van der Waals surface area contributed by atoms with Crippen molar-refractivity contribution in [2.45, 2.75) is 115 Å². The van der Waals surface area contributed by atoms with Crippen LogP contribution in [0.15, 0.2) is 36.4 Å². The molecule has 0 saturated heterocycles. The van der Waals surface area contributed by atoms with Crippen molar-refractivity contribution >= 4 is 29.7 Å². The lowest BCUT2D eigenvalue weighted by Crippen LogP contribution is -2.31. The van der Waals surface area contributed by atoms with Crippen molar-refractivity contribution in [2.75, 3.05) is 26.9 Å². The zero-order valence-electron chi connectivity index (χ0n) is 30.6. The van der Waals surface area contributed by atoms with Crippen molar-refractivity contribution in [1.29, 1.82) is 0 Å². The number of ketones is 1. The number of carbonyl (C=O) groups excluding carboxylic acids is 4. The lowest BCUT2D eigenvalue weighted by molar-refractivity contribution is -0.492. The Kier molecular flexibility index (Phi) is 22.4. The molecule has 0 spiro atoms. The van der Waals surface area contributed by atoms with Crippen molar-refractivity contribution in [1.82, 2.24) is 10.7 Å². The second-order valence-electron chi connectivity index (χ2n) is 13.0. The Morgan fingerprint density at radius 3 is 2.38 bits per heavy atom. The molecule has 4 atom stereocenters. The number of hydrogen-bond donors (Lipinski definition) is 5. The second kappa shape index (κ2) is 26.2. The molecular weight excluding hydrogens is 676 g/mol. The number of ether oxygens (including phenoxy) is 3. The number of benzene rings is 1. The molecule has 2 rings (SSSR count). The summed E-state index contributed by atoms with van der Waals surface area (Å²) in [5.74, 6) is -1.16. The lowest BCUT2D eigenvalue weighted by Gasteiger charge is -2.22. The smallest absolute Gasteiger partial charge is 0.330 e. The minimum absolute atomic E-state index is 0.0518. The Bertz CT molecular complexity index is 1280. The van der Waals surface area contributed by atoms with Crippen LogP contribution in [0.4, 0.5) is 0 Å². The number of unbranched alkanes of at least 4 members (excludes halogenated alkanes) is 6. The van der Waals surface area contributed by atoms with Gasteiger partial charge in [-0.15, -0.1) is 0 Å². The Balaban J connectivity index is 1.66. The predicted octanol–water partition coefficient (Wildman–Crippen LogP) is 5.25. The summed E-state index contributed by atoms with van der Waals surface area (Å²) < 4.78 is 15.7. The lowest BCUT2D eigenvalue weighted by atomic mass is 9.86. The van der Waals surface area contributed by atoms with Crippen molar-refractivity contribution in [2.24, 2.45) is 11.8 Å². The third-order valence-corrected chi connectivity index (χ3v) is 8.93. The number of amides is 1. The van der Waals surface area contributed by atoms with E-state index in [0.29, 0.717) is 63.4 Å². The van der Waals surface area contributed by atoms with E-state index >= 15 is 0 Å². The van der Waals surface area contributed by atoms with Crippen LogP contribution in [0.5, 0.6) is 11.5 Å². The maximum Gasteiger partial charge on any atom is 0.330 e. The molecule has 1 aromatic rings. The Morgan fingerprint density at radius 1 is 0.885 bits per heavy atom. The maximum atomic E-state index is 12.4. The predicted molar refractivity (Wildman–Crippen MR) is 191 cm³/mol. The average molecular weight is 735 g/mol. The summed E-state index contributed by atoms with van der Waals surface area (Å²) in [6, 6.07) is 4.69. The fourth-order valence-corrected chi connectivity index (χ4v) is 6.06. The van der Waals surface area contributed by atoms with E-state index in [1.54, 1.807) is 12.1 Å². The van der Waals surface area contributed by atoms with E-state index in [1.165, 1.54) is 38.2 Å². The first-order chi connectivity index (χ1) is 25.0. The van der Waals surface area contributed by atoms with Gasteiger partial charge in [0.2, 0.25) is 5.91 Å². The number of Topliss-reactive ketones (excluding diaryl/α,β-unsaturated/α-hetero) is 1. The van der Waals surface area contributed by atoms with Crippen molar-refractivity contribution in [3.05, 3.63) is 42.0 Å². The van der Waals surface area contributed by atoms with Gasteiger partial charge in [0.1, 0.15) is 12.3 Å². The molecule has 0 aliphatic heterocycles. The van der Waals surface area contributed by atoms with Gasteiger partial charge in [0.15, 0.2) is 11.5 Å². The maximum absolute atomic E-state index is 12.4. The molecule has 52 heavy (non-hydrogen) atoms. The standard InChI is InChI=1S/C38H58N2O12/c1-3-4-5-6-9-14-29(41)19-20-31-30(32(42)26-33(31)43)15-10-7-8-11-16-36(44)39-27-38(46)52-34-21-17-28(25-35(34)49-2)18-22-37(45)50-23-12-13-24-51-40(47)48/h7,10,17-18,21-22,25,30-33,42-43,47-48H,3-6,8-9,11-16,19-20,23-24,26-27H2,1-2H3,(H,39,44)/b10-7-,22-18+/t30-,31-,32+,33-/m1/s1. The molecule has 292 valence electrons. The quantitative estimate of drug-likeness (QED) is 0.0196. The molecule has 14 heteroatoms. The summed E-state index contributed by atoms with van der Waals surface area (Å²) in [6.45, 7) is 2.00. The number of methoxy groups -OCH3 is 1. The number of hydrogen-bond acceptors (Lipinski definition) is 13. The molecule has 0 bridgehead atoms. The van der Waals surface area contributed by atoms with E-state index in [4.69, 9.17) is 24.6 Å². The SMILES string of the molecule is CCCCCCCC(=O)CC[C@@H]1[C@@H](C/C=C\CCCC(=O)NCC(=O)Oc2ccc(/C=C/C(=O)OCCCCON(O)O)cc2OC)[C@@H](O)C[C@H]1O. The molecule has 1 aliphatic rings. The summed E-state index contributed by atoms with van der Waals surface area (Å²) >= 11 is 0. The number of allylic oxidation sites excluding steroid dienone is 2. The van der Waals surface area contributed by atoms with Crippen molar-refractivity contribution in [3.8, 4) is 11.5 Å². The fraction of sp³-hybridized carbons (Fsp3) is 0.632. The summed E-state index contributed by atoms with van der Waals surface area (Å²) in [6.07, 6.45) is 15.8. The highest BCUT2D eigenvalue weighted by Crippen LogP contribution is 2.38. The summed E-state index contributed by atoms with van der Waals surface area (Å²) in [7, 11) is 1.40. The topological polar surface area (TPSA) is 201 Å². The third-order valence-electron chi connectivity index (χ3n) is 8.93. The first-order valence-corrected chi connectivity index (χ1v) is 18.4. The molecule has 1 saturated carbocycles. The van der Waals surface area contributed by atoms with Crippen LogP contribution in [0.25, 0.3) is 6.08 Å². The number of nitrogens with zero attached hydrogens (tertiary/aromatic N) is 1. The van der Waals surface area contributed by atoms with Gasteiger partial charge in [-0.05, 0) is 87.0 Å². The Morgan fingerprint density at radius 2 is 1.63 bits per heavy atom. The van der Waals surface area contributed by atoms with Gasteiger partial charge < -0.3 is 29.7 Å². The van der Waals surface area contributed by atoms with Crippen LogP contribution in [0.3, 0.4) is 0 Å². The van der Waals surface area contributed by atoms with E-state index in [-0.39, 0.29) is 66.6 Å². The third kappa shape index (κ3) is 18.7. The molecule has 0 heterocycles. The molecule has 1 aliphatic carbocycles. The minimum Gasteiger partial charge on any atom is -0.493 e. The molecule has 14 nitrogen and oxygen atoms in total. The fourth-order valence-electron chi connectivity index (χ4n) is 6.06. The minimum atomic E-state index is -0.685. The van der Waals surface area contributed by atoms with Crippen LogP contribution in [-0.4, -0.2) is 88.7 Å². The normalized spacial score (nSPS) is 18.7. The van der Waals surface area contributed by atoms with Crippen LogP contribution in [-0.2, 0) is 28.8 Å². The van der Waals surface area contributed by atoms with Gasteiger partial charge in [0.05, 0.1) is 37.9 Å². The molecule has 5 N–H and O–H groups in total. The zero-order chi connectivity index (χ0) is 38.1. The van der Waals surface area contributed by atoms with E-state index in [2.05, 4.69) is 17.1 Å². The summed E-state index contributed by atoms with van der Waals surface area (Å²) in [5, 5.41) is 40.1. The first-order valence-electron chi connectivity index (χ1n) is 18.4. The van der Waals surface area contributed by atoms with E-state index in [0.717, 1.165) is 19.3 Å². The number of nitrogens with one attached hydrogen (secondary N) is 1. The van der Waals surface area contributed by atoms with Gasteiger partial charge in [-0.1, -0.05) is 50.8 Å². The van der Waals surface area contributed by atoms with E-state index < -0.39 is 24.1 Å². The zero-order valence-corrected chi connectivity index (χ0v) is 30.6. The van der Waals surface area contributed by atoms with E-state index in [1.807, 2.05) is 12.2 Å². The van der Waals surface area contributed by atoms with Crippen LogP contribution >= 0.6 is 0 Å². The van der Waals surface area contributed by atoms with Gasteiger partial charge in [-0.3, -0.25) is 24.8 Å². The highest BCUT2D eigenvalue weighted by molar-refractivity contribution is 5.87. The van der Waals surface area contributed by atoms with Crippen LogP contribution in [0, 0.1) is 11.8 Å². The van der Waals surface area contributed by atoms with Gasteiger partial charge >= 0.3 is 11.9 Å². The van der Waals surface area contributed by atoms with Crippen molar-refractivity contribution in [3.63, 3.8) is 0 Å². The van der Waals surface area contributed by atoms with Gasteiger partial charge in [-0.25, -0.2) is 9.59 Å². The molecule has 0 radical (unpaired) electrons. The largest absolute Gasteiger partial charge is 0.493 e. The Labute approximate surface area is 306 Å². The highest BCUT2D eigenvalue weighted by Gasteiger charge is 2.40. The van der Waals surface area contributed by atoms with Crippen LogP contribution in [0.1, 0.15) is 109 Å². The van der Waals surface area contributed by atoms with Gasteiger partial charge in [-0.2, -0.15) is 0 Å². The highest BCUT2D eigenvalue weighted by atomic mass is 17.1. The second-order valence-corrected chi connectivity index (χ2v) is 13.0. The van der Waals surface area contributed by atoms with Crippen LogP contribution < -0.4 is 14.8 Å². The Hall–Kier alpha value is -3.66. The van der Waals surface area contributed by atoms with Crippen molar-refractivity contribution < 1.29 is 58.9 Å². The summed E-state index contributed by atoms with van der Waals surface area (Å²) in [5.41, 5.74) is 0.586. The molecule has 1 fully saturated rings. The molecule has 0 aromatic heterocycles. The van der Waals surface area contributed by atoms with E-state index in [9.17, 15) is 29.4 Å². The van der Waals surface area contributed by atoms with Gasteiger partial charge in [0, 0.05) is 25.3 Å².